The Balaban J connectivity index is 0. The third-order valence-electron chi connectivity index (χ3n) is 4.25. The summed E-state index contributed by atoms with van der Waals surface area (Å²) in [5.74, 6) is -0.858. The van der Waals surface area contributed by atoms with E-state index in [-0.39, 0.29) is 12.5 Å². The van der Waals surface area contributed by atoms with E-state index in [0.717, 1.165) is 16.3 Å². The monoisotopic (exact) mass is 482 g/mol. The van der Waals surface area contributed by atoms with Gasteiger partial charge in [0.25, 0.3) is 11.8 Å². The van der Waals surface area contributed by atoms with Crippen LogP contribution in [0.15, 0.2) is 42.5 Å². The molecule has 0 spiro atoms. The van der Waals surface area contributed by atoms with Crippen LogP contribution < -0.4 is 10.6 Å². The second-order valence-electron chi connectivity index (χ2n) is 6.46. The number of benzene rings is 2. The fraction of sp³-hybridized carbons (Fsp3) is 0.520. The van der Waals surface area contributed by atoms with Gasteiger partial charge in [-0.15, -0.1) is 0 Å². The molecule has 9 heteroatoms. The van der Waals surface area contributed by atoms with E-state index < -0.39 is 36.9 Å². The van der Waals surface area contributed by atoms with Crippen molar-refractivity contribution >= 4 is 22.6 Å². The zero-order chi connectivity index (χ0) is 26.7. The fourth-order valence-electron chi connectivity index (χ4n) is 2.64. The molecule has 4 unspecified atom stereocenters. The molecular formula is C25H42N2O7. The third-order valence-corrected chi connectivity index (χ3v) is 4.25. The predicted molar refractivity (Wildman–Crippen MR) is 134 cm³/mol. The summed E-state index contributed by atoms with van der Waals surface area (Å²) in [6.45, 7) is 11.7. The molecule has 2 aromatic rings. The maximum absolute atomic E-state index is 11.7. The van der Waals surface area contributed by atoms with Crippen LogP contribution in [0, 0.1) is 0 Å². The molecule has 9 nitrogen and oxygen atoms in total. The summed E-state index contributed by atoms with van der Waals surface area (Å²) < 4.78 is 0. The van der Waals surface area contributed by atoms with Crippen LogP contribution in [0.1, 0.15) is 51.9 Å². The van der Waals surface area contributed by atoms with E-state index in [2.05, 4.69) is 10.6 Å². The average Bonchev–Trinajstić information content (AvgIpc) is 2.89. The first kappa shape index (κ1) is 33.6. The molecule has 34 heavy (non-hydrogen) atoms. The fourth-order valence-corrected chi connectivity index (χ4v) is 2.64. The van der Waals surface area contributed by atoms with Crippen LogP contribution in [0.3, 0.4) is 0 Å². The zero-order valence-corrected chi connectivity index (χ0v) is 21.0. The van der Waals surface area contributed by atoms with E-state index in [0.29, 0.717) is 6.54 Å². The van der Waals surface area contributed by atoms with Crippen LogP contribution in [0.25, 0.3) is 10.8 Å². The van der Waals surface area contributed by atoms with E-state index in [9.17, 15) is 24.9 Å². The largest absolute Gasteiger partial charge is 0.394 e. The maximum Gasteiger partial charge on any atom is 0.251 e. The highest BCUT2D eigenvalue weighted by Gasteiger charge is 2.33. The van der Waals surface area contributed by atoms with Crippen molar-refractivity contribution in [1.82, 2.24) is 10.6 Å². The van der Waals surface area contributed by atoms with Crippen LogP contribution in [0.4, 0.5) is 0 Å². The number of nitrogens with one attached hydrogen (secondary N) is 2. The summed E-state index contributed by atoms with van der Waals surface area (Å²) in [6.07, 6.45) is -7.09. The Morgan fingerprint density at radius 2 is 1.32 bits per heavy atom. The minimum absolute atomic E-state index is 0.00528. The lowest BCUT2D eigenvalue weighted by Gasteiger charge is -2.24. The molecule has 0 saturated carbocycles. The summed E-state index contributed by atoms with van der Waals surface area (Å²) in [4.78, 5) is 22.8. The lowest BCUT2D eigenvalue weighted by molar-refractivity contribution is -0.148. The van der Waals surface area contributed by atoms with Gasteiger partial charge in [-0.2, -0.15) is 0 Å². The lowest BCUT2D eigenvalue weighted by Crippen LogP contribution is -2.51. The molecular weight excluding hydrogens is 440 g/mol. The van der Waals surface area contributed by atoms with Gasteiger partial charge < -0.3 is 36.2 Å². The molecule has 2 rings (SSSR count). The second kappa shape index (κ2) is 19.9. The molecule has 0 bridgehead atoms. The summed E-state index contributed by atoms with van der Waals surface area (Å²) in [5.41, 5.74) is 0.745. The molecule has 0 heterocycles. The van der Waals surface area contributed by atoms with Crippen molar-refractivity contribution in [2.24, 2.45) is 0 Å². The Morgan fingerprint density at radius 1 is 0.794 bits per heavy atom. The van der Waals surface area contributed by atoms with Gasteiger partial charge in [-0.25, -0.2) is 0 Å². The number of carbonyl (C=O) groups is 2. The number of rotatable bonds is 8. The van der Waals surface area contributed by atoms with E-state index in [1.807, 2.05) is 77.1 Å². The van der Waals surface area contributed by atoms with Gasteiger partial charge in [-0.05, 0) is 30.7 Å². The van der Waals surface area contributed by atoms with Gasteiger partial charge >= 0.3 is 0 Å². The molecule has 4 atom stereocenters. The predicted octanol–water partition coefficient (Wildman–Crippen LogP) is 1.20. The van der Waals surface area contributed by atoms with Crippen LogP contribution >= 0.6 is 0 Å². The summed E-state index contributed by atoms with van der Waals surface area (Å²) in [7, 11) is 0. The van der Waals surface area contributed by atoms with Crippen molar-refractivity contribution in [2.75, 3.05) is 19.7 Å². The number of fused-ring (bicyclic) bond motifs is 1. The topological polar surface area (TPSA) is 159 Å². The normalized spacial score (nSPS) is 13.3. The van der Waals surface area contributed by atoms with Gasteiger partial charge in [-0.1, -0.05) is 64.1 Å². The zero-order valence-electron chi connectivity index (χ0n) is 21.0. The highest BCUT2D eigenvalue weighted by atomic mass is 16.4. The molecule has 0 aliphatic carbocycles. The van der Waals surface area contributed by atoms with E-state index >= 15 is 0 Å². The van der Waals surface area contributed by atoms with Crippen molar-refractivity contribution in [3.8, 4) is 0 Å². The van der Waals surface area contributed by atoms with Crippen molar-refractivity contribution in [3.63, 3.8) is 0 Å². The summed E-state index contributed by atoms with van der Waals surface area (Å²) >= 11 is 0. The number of amides is 2. The van der Waals surface area contributed by atoms with Crippen molar-refractivity contribution in [3.05, 3.63) is 48.0 Å². The molecule has 0 fully saturated rings. The summed E-state index contributed by atoms with van der Waals surface area (Å²) in [5, 5.41) is 52.2. The number of hydrogen-bond acceptors (Lipinski definition) is 7. The van der Waals surface area contributed by atoms with Crippen molar-refractivity contribution in [1.29, 1.82) is 0 Å². The molecule has 0 aliphatic heterocycles. The lowest BCUT2D eigenvalue weighted by atomic mass is 10.0. The molecule has 0 saturated heterocycles. The molecule has 2 aromatic carbocycles. The number of carbonyl (C=O) groups excluding carboxylic acids is 2. The Bertz CT molecular complexity index is 811. The van der Waals surface area contributed by atoms with Gasteiger partial charge in [0.15, 0.2) is 6.10 Å². The quantitative estimate of drug-likeness (QED) is 0.298. The van der Waals surface area contributed by atoms with E-state index in [1.54, 1.807) is 6.92 Å². The molecule has 194 valence electrons. The minimum atomic E-state index is -1.85. The Morgan fingerprint density at radius 3 is 1.85 bits per heavy atom. The van der Waals surface area contributed by atoms with Gasteiger partial charge in [0.2, 0.25) is 0 Å². The molecule has 2 amide bonds. The third kappa shape index (κ3) is 11.0. The SMILES string of the molecule is CC.CC.CCNC(=O)C(O)C(O)C(O)C(O)CO.CCNC(=O)c1cccc2ccccc12. The highest BCUT2D eigenvalue weighted by molar-refractivity contribution is 6.06. The number of aliphatic hydroxyl groups is 5. The van der Waals surface area contributed by atoms with Crippen molar-refractivity contribution < 1.29 is 35.1 Å². The molecule has 0 aromatic heterocycles. The first-order valence-corrected chi connectivity index (χ1v) is 11.6. The standard InChI is InChI=1S/C13H13NO.C8H17NO6.2C2H6/c1-2-14-13(15)12-9-5-7-10-6-3-4-8-11(10)12;1-2-9-8(15)7(14)6(13)5(12)4(11)3-10;2*1-2/h3-9H,2H2,1H3,(H,14,15);4-7,10-14H,2-3H2,1H3,(H,9,15);2*1-2H3. The Labute approximate surface area is 202 Å². The second-order valence-corrected chi connectivity index (χ2v) is 6.46. The van der Waals surface area contributed by atoms with Gasteiger partial charge in [-0.3, -0.25) is 9.59 Å². The van der Waals surface area contributed by atoms with E-state index in [4.69, 9.17) is 10.2 Å². The van der Waals surface area contributed by atoms with Gasteiger partial charge in [0.1, 0.15) is 18.3 Å². The highest BCUT2D eigenvalue weighted by Crippen LogP contribution is 2.18. The van der Waals surface area contributed by atoms with Crippen molar-refractivity contribution in [2.45, 2.75) is 66.0 Å². The van der Waals surface area contributed by atoms with Crippen LogP contribution in [-0.4, -0.2) is 81.5 Å². The number of hydrogen-bond donors (Lipinski definition) is 7. The molecule has 0 aliphatic rings. The van der Waals surface area contributed by atoms with Crippen LogP contribution in [0.2, 0.25) is 0 Å². The van der Waals surface area contributed by atoms with Crippen LogP contribution in [0.5, 0.6) is 0 Å². The van der Waals surface area contributed by atoms with Crippen LogP contribution in [-0.2, 0) is 4.79 Å². The number of likely N-dealkylation sites (N-methyl/N-ethyl adjacent to an activating group) is 1. The van der Waals surface area contributed by atoms with Gasteiger partial charge in [0, 0.05) is 18.7 Å². The molecule has 0 radical (unpaired) electrons. The van der Waals surface area contributed by atoms with Gasteiger partial charge in [0.05, 0.1) is 6.61 Å². The number of aliphatic hydroxyl groups excluding tert-OH is 5. The Hall–Kier alpha value is -2.56. The van der Waals surface area contributed by atoms with E-state index in [1.165, 1.54) is 0 Å². The first-order valence-electron chi connectivity index (χ1n) is 11.6. The smallest absolute Gasteiger partial charge is 0.251 e. The minimum Gasteiger partial charge on any atom is -0.394 e. The molecule has 7 N–H and O–H groups in total. The Kier molecular flexibility index (Phi) is 19.6. The first-order chi connectivity index (χ1) is 16.3. The maximum atomic E-state index is 11.7. The average molecular weight is 483 g/mol. The summed E-state index contributed by atoms with van der Waals surface area (Å²) in [6, 6.07) is 13.7.